The molecule has 1 aliphatic heterocycles. The van der Waals surface area contributed by atoms with Gasteiger partial charge in [0.1, 0.15) is 0 Å². The van der Waals surface area contributed by atoms with Gasteiger partial charge in [0, 0.05) is 26.3 Å². The van der Waals surface area contributed by atoms with Crippen LogP contribution in [0.2, 0.25) is 0 Å². The first-order valence-corrected chi connectivity index (χ1v) is 21.4. The lowest BCUT2D eigenvalue weighted by molar-refractivity contribution is -0.0481. The van der Waals surface area contributed by atoms with Crippen molar-refractivity contribution in [2.75, 3.05) is 53.5 Å². The topological polar surface area (TPSA) is 24.9 Å². The average molecular weight is 685 g/mol. The molecule has 0 saturated carbocycles. The number of likely N-dealkylation sites (tertiary alicyclic amines) is 1. The summed E-state index contributed by atoms with van der Waals surface area (Å²) in [6.45, 7) is 10.7. The SMILES string of the molecule is CCCCCC=CCC=CCCCCCCCCO[C@@H]1CN(CCCN(C)C)C[C@H]1OCCCCCCCCC=CCC=CCCCCC. The summed E-state index contributed by atoms with van der Waals surface area (Å²) in [5.74, 6) is 0. The molecule has 0 aromatic heterocycles. The predicted octanol–water partition coefficient (Wildman–Crippen LogP) is 12.7. The van der Waals surface area contributed by atoms with E-state index in [0.717, 1.165) is 52.2 Å². The third-order valence-corrected chi connectivity index (χ3v) is 9.72. The van der Waals surface area contributed by atoms with Crippen molar-refractivity contribution in [1.29, 1.82) is 0 Å². The van der Waals surface area contributed by atoms with Crippen molar-refractivity contribution in [2.45, 2.75) is 187 Å². The maximum absolute atomic E-state index is 6.48. The lowest BCUT2D eigenvalue weighted by atomic mass is 10.1. The zero-order valence-electron chi connectivity index (χ0n) is 33.4. The predicted molar refractivity (Wildman–Crippen MR) is 218 cm³/mol. The molecule has 4 heteroatoms. The van der Waals surface area contributed by atoms with E-state index in [0.29, 0.717) is 0 Å². The van der Waals surface area contributed by atoms with Crippen molar-refractivity contribution in [3.63, 3.8) is 0 Å². The first kappa shape index (κ1) is 45.8. The van der Waals surface area contributed by atoms with Gasteiger partial charge in [-0.05, 0) is 111 Å². The molecule has 1 fully saturated rings. The van der Waals surface area contributed by atoms with Crippen LogP contribution in [0.5, 0.6) is 0 Å². The summed E-state index contributed by atoms with van der Waals surface area (Å²) >= 11 is 0. The van der Waals surface area contributed by atoms with E-state index in [1.807, 2.05) is 0 Å². The van der Waals surface area contributed by atoms with Gasteiger partial charge in [0.15, 0.2) is 0 Å². The monoisotopic (exact) mass is 685 g/mol. The van der Waals surface area contributed by atoms with Crippen LogP contribution in [0.15, 0.2) is 48.6 Å². The Morgan fingerprint density at radius 2 is 0.837 bits per heavy atom. The maximum Gasteiger partial charge on any atom is 0.0975 e. The molecule has 1 aliphatic rings. The van der Waals surface area contributed by atoms with Gasteiger partial charge >= 0.3 is 0 Å². The standard InChI is InChI=1S/C45H84N2O2/c1-5-7-9-11-13-15-17-19-21-23-25-27-29-31-33-35-40-48-44-42-47(39-37-38-46(3)4)43-45(44)49-41-36-34-32-30-28-26-24-22-20-18-16-14-12-10-8-6-2/h13-16,19-22,44-45H,5-12,17-18,23-43H2,1-4H3/t44-,45-/m1/s1. The highest BCUT2D eigenvalue weighted by Gasteiger charge is 2.33. The Bertz CT molecular complexity index is 731. The first-order valence-electron chi connectivity index (χ1n) is 21.4. The largest absolute Gasteiger partial charge is 0.374 e. The van der Waals surface area contributed by atoms with Crippen LogP contribution < -0.4 is 0 Å². The van der Waals surface area contributed by atoms with Crippen LogP contribution in [-0.2, 0) is 9.47 Å². The van der Waals surface area contributed by atoms with E-state index in [1.54, 1.807) is 0 Å². The molecule has 0 spiro atoms. The van der Waals surface area contributed by atoms with Crippen molar-refractivity contribution in [3.8, 4) is 0 Å². The van der Waals surface area contributed by atoms with Crippen LogP contribution in [0, 0.1) is 0 Å². The summed E-state index contributed by atoms with van der Waals surface area (Å²) in [4.78, 5) is 4.87. The Morgan fingerprint density at radius 1 is 0.469 bits per heavy atom. The van der Waals surface area contributed by atoms with Gasteiger partial charge < -0.3 is 14.4 Å². The van der Waals surface area contributed by atoms with Gasteiger partial charge in [-0.25, -0.2) is 0 Å². The van der Waals surface area contributed by atoms with Crippen LogP contribution in [-0.4, -0.2) is 75.5 Å². The second-order valence-corrected chi connectivity index (χ2v) is 14.9. The zero-order chi connectivity index (χ0) is 35.3. The molecular weight excluding hydrogens is 601 g/mol. The molecule has 2 atom stereocenters. The van der Waals surface area contributed by atoms with Gasteiger partial charge in [0.2, 0.25) is 0 Å². The number of hydrogen-bond donors (Lipinski definition) is 0. The maximum atomic E-state index is 6.48. The summed E-state index contributed by atoms with van der Waals surface area (Å²) < 4.78 is 13.0. The van der Waals surface area contributed by atoms with Crippen molar-refractivity contribution in [1.82, 2.24) is 9.80 Å². The van der Waals surface area contributed by atoms with Crippen molar-refractivity contribution >= 4 is 0 Å². The summed E-state index contributed by atoms with van der Waals surface area (Å²) in [5, 5.41) is 0. The Morgan fingerprint density at radius 3 is 1.22 bits per heavy atom. The lowest BCUT2D eigenvalue weighted by Crippen LogP contribution is -2.30. The van der Waals surface area contributed by atoms with Gasteiger partial charge in [-0.1, -0.05) is 140 Å². The molecule has 4 nitrogen and oxygen atoms in total. The normalized spacial score (nSPS) is 17.5. The third-order valence-electron chi connectivity index (χ3n) is 9.72. The number of ether oxygens (including phenoxy) is 2. The molecule has 0 radical (unpaired) electrons. The highest BCUT2D eigenvalue weighted by atomic mass is 16.5. The Balaban J connectivity index is 2.11. The fraction of sp³-hybridized carbons (Fsp3) is 0.822. The molecule has 1 rings (SSSR count). The van der Waals surface area contributed by atoms with Gasteiger partial charge in [0.25, 0.3) is 0 Å². The van der Waals surface area contributed by atoms with E-state index in [2.05, 4.69) is 86.4 Å². The summed E-state index contributed by atoms with van der Waals surface area (Å²) in [6.07, 6.45) is 51.4. The molecule has 0 amide bonds. The quantitative estimate of drug-likeness (QED) is 0.0484. The van der Waals surface area contributed by atoms with E-state index in [1.165, 1.54) is 148 Å². The van der Waals surface area contributed by atoms with Crippen LogP contribution >= 0.6 is 0 Å². The summed E-state index contributed by atoms with van der Waals surface area (Å²) in [6, 6.07) is 0. The number of unbranched alkanes of at least 4 members (excludes halogenated alkanes) is 18. The molecule has 49 heavy (non-hydrogen) atoms. The molecule has 1 heterocycles. The first-order chi connectivity index (χ1) is 24.2. The second-order valence-electron chi connectivity index (χ2n) is 14.9. The molecule has 0 unspecified atom stereocenters. The highest BCUT2D eigenvalue weighted by molar-refractivity contribution is 4.93. The van der Waals surface area contributed by atoms with E-state index < -0.39 is 0 Å². The van der Waals surface area contributed by atoms with Crippen LogP contribution in [0.25, 0.3) is 0 Å². The zero-order valence-corrected chi connectivity index (χ0v) is 33.4. The molecule has 0 aromatic carbocycles. The van der Waals surface area contributed by atoms with Crippen LogP contribution in [0.3, 0.4) is 0 Å². The van der Waals surface area contributed by atoms with Gasteiger partial charge in [-0.2, -0.15) is 0 Å². The molecule has 0 aromatic rings. The van der Waals surface area contributed by atoms with Crippen molar-refractivity contribution in [2.24, 2.45) is 0 Å². The molecule has 0 aliphatic carbocycles. The molecule has 0 N–H and O–H groups in total. The van der Waals surface area contributed by atoms with E-state index in [4.69, 9.17) is 9.47 Å². The smallest absolute Gasteiger partial charge is 0.0975 e. The minimum absolute atomic E-state index is 0.238. The number of rotatable bonds is 36. The Hall–Kier alpha value is -1.20. The molecular formula is C45H84N2O2. The average Bonchev–Trinajstić information content (AvgIpc) is 3.48. The second kappa shape index (κ2) is 36.6. The molecule has 286 valence electrons. The van der Waals surface area contributed by atoms with Crippen molar-refractivity contribution < 1.29 is 9.47 Å². The minimum atomic E-state index is 0.238. The minimum Gasteiger partial charge on any atom is -0.374 e. The summed E-state index contributed by atoms with van der Waals surface area (Å²) in [7, 11) is 4.34. The third kappa shape index (κ3) is 31.3. The number of hydrogen-bond acceptors (Lipinski definition) is 4. The fourth-order valence-corrected chi connectivity index (χ4v) is 6.58. The molecule has 0 bridgehead atoms. The van der Waals surface area contributed by atoms with Gasteiger partial charge in [-0.15, -0.1) is 0 Å². The van der Waals surface area contributed by atoms with E-state index in [9.17, 15) is 0 Å². The van der Waals surface area contributed by atoms with Crippen molar-refractivity contribution in [3.05, 3.63) is 48.6 Å². The number of nitrogens with zero attached hydrogens (tertiary/aromatic N) is 2. The Labute approximate surface area is 307 Å². The fourth-order valence-electron chi connectivity index (χ4n) is 6.58. The highest BCUT2D eigenvalue weighted by Crippen LogP contribution is 2.19. The lowest BCUT2D eigenvalue weighted by Gasteiger charge is -2.20. The van der Waals surface area contributed by atoms with E-state index >= 15 is 0 Å². The molecule has 1 saturated heterocycles. The van der Waals surface area contributed by atoms with Crippen LogP contribution in [0.1, 0.15) is 174 Å². The number of allylic oxidation sites excluding steroid dienone is 8. The van der Waals surface area contributed by atoms with Gasteiger partial charge in [-0.3, -0.25) is 4.90 Å². The summed E-state index contributed by atoms with van der Waals surface area (Å²) in [5.41, 5.74) is 0. The van der Waals surface area contributed by atoms with Crippen LogP contribution in [0.4, 0.5) is 0 Å². The van der Waals surface area contributed by atoms with Gasteiger partial charge in [0.05, 0.1) is 12.2 Å². The Kier molecular flexibility index (Phi) is 34.2. The van der Waals surface area contributed by atoms with E-state index in [-0.39, 0.29) is 12.2 Å².